The minimum atomic E-state index is -0.469. The standard InChI is InChI=1S/C13H10BrNO3/c1-9(16)18-15-8-10-6-7-13(17-10)11-4-2-3-5-12(11)14/h2-8H,1H3/b15-8+. The zero-order valence-corrected chi connectivity index (χ0v) is 11.2. The van der Waals surface area contributed by atoms with Crippen LogP contribution in [0.4, 0.5) is 0 Å². The van der Waals surface area contributed by atoms with E-state index in [1.807, 2.05) is 30.3 Å². The first-order valence-corrected chi connectivity index (χ1v) is 6.02. The normalized spacial score (nSPS) is 10.8. The number of nitrogens with zero attached hydrogens (tertiary/aromatic N) is 1. The lowest BCUT2D eigenvalue weighted by Crippen LogP contribution is -1.90. The Morgan fingerprint density at radius 1 is 1.33 bits per heavy atom. The van der Waals surface area contributed by atoms with Crippen molar-refractivity contribution in [2.45, 2.75) is 6.92 Å². The summed E-state index contributed by atoms with van der Waals surface area (Å²) in [6.45, 7) is 1.28. The lowest BCUT2D eigenvalue weighted by molar-refractivity contribution is -0.140. The second kappa shape index (κ2) is 5.64. The molecule has 0 bridgehead atoms. The van der Waals surface area contributed by atoms with Gasteiger partial charge in [0.2, 0.25) is 0 Å². The van der Waals surface area contributed by atoms with Crippen LogP contribution >= 0.6 is 15.9 Å². The van der Waals surface area contributed by atoms with E-state index in [0.717, 1.165) is 10.0 Å². The van der Waals surface area contributed by atoms with Gasteiger partial charge in [0.25, 0.3) is 0 Å². The summed E-state index contributed by atoms with van der Waals surface area (Å²) in [7, 11) is 0. The van der Waals surface area contributed by atoms with Gasteiger partial charge in [0.1, 0.15) is 17.7 Å². The zero-order valence-electron chi connectivity index (χ0n) is 9.59. The van der Waals surface area contributed by atoms with Crippen molar-refractivity contribution < 1.29 is 14.0 Å². The minimum Gasteiger partial charge on any atom is -0.455 e. The van der Waals surface area contributed by atoms with Crippen molar-refractivity contribution >= 4 is 28.1 Å². The van der Waals surface area contributed by atoms with Gasteiger partial charge in [0.15, 0.2) is 0 Å². The predicted octanol–water partition coefficient (Wildman–Crippen LogP) is 3.61. The number of halogens is 1. The Hall–Kier alpha value is -1.88. The Balaban J connectivity index is 2.18. The number of carbonyl (C=O) groups is 1. The van der Waals surface area contributed by atoms with Crippen LogP contribution < -0.4 is 0 Å². The minimum absolute atomic E-state index is 0.469. The summed E-state index contributed by atoms with van der Waals surface area (Å²) in [5.74, 6) is 0.762. The molecule has 1 aromatic carbocycles. The van der Waals surface area contributed by atoms with Crippen LogP contribution in [0.1, 0.15) is 12.7 Å². The van der Waals surface area contributed by atoms with Crippen molar-refractivity contribution in [2.24, 2.45) is 5.16 Å². The molecule has 0 saturated carbocycles. The topological polar surface area (TPSA) is 51.8 Å². The molecule has 0 fully saturated rings. The van der Waals surface area contributed by atoms with Gasteiger partial charge in [-0.3, -0.25) is 0 Å². The van der Waals surface area contributed by atoms with E-state index in [1.54, 1.807) is 6.07 Å². The van der Waals surface area contributed by atoms with Gasteiger partial charge in [-0.2, -0.15) is 0 Å². The van der Waals surface area contributed by atoms with Crippen LogP contribution in [0.3, 0.4) is 0 Å². The average Bonchev–Trinajstić information content (AvgIpc) is 2.78. The highest BCUT2D eigenvalue weighted by atomic mass is 79.9. The van der Waals surface area contributed by atoms with Gasteiger partial charge in [-0.15, -0.1) is 0 Å². The number of rotatable bonds is 3. The van der Waals surface area contributed by atoms with E-state index in [-0.39, 0.29) is 0 Å². The molecule has 92 valence electrons. The molecule has 0 spiro atoms. The molecule has 0 aliphatic heterocycles. The Labute approximate surface area is 112 Å². The van der Waals surface area contributed by atoms with Crippen LogP contribution in [0, 0.1) is 0 Å². The number of hydrogen-bond acceptors (Lipinski definition) is 4. The summed E-state index contributed by atoms with van der Waals surface area (Å²) in [6.07, 6.45) is 1.35. The SMILES string of the molecule is CC(=O)O/N=C/c1ccc(-c2ccccc2Br)o1. The fraction of sp³-hybridized carbons (Fsp3) is 0.0769. The van der Waals surface area contributed by atoms with Gasteiger partial charge in [-0.05, 0) is 18.2 Å². The molecule has 0 amide bonds. The second-order valence-electron chi connectivity index (χ2n) is 3.50. The van der Waals surface area contributed by atoms with Crippen LogP contribution in [0.2, 0.25) is 0 Å². The molecule has 2 aromatic rings. The van der Waals surface area contributed by atoms with Gasteiger partial charge in [0.05, 0.1) is 0 Å². The number of benzene rings is 1. The largest absolute Gasteiger partial charge is 0.455 e. The molecule has 0 N–H and O–H groups in total. The first-order valence-electron chi connectivity index (χ1n) is 5.22. The van der Waals surface area contributed by atoms with Crippen molar-refractivity contribution in [1.29, 1.82) is 0 Å². The first kappa shape index (κ1) is 12.6. The molecule has 18 heavy (non-hydrogen) atoms. The number of carbonyl (C=O) groups excluding carboxylic acids is 1. The van der Waals surface area contributed by atoms with Crippen LogP contribution in [-0.2, 0) is 9.63 Å². The Bertz CT molecular complexity index is 589. The Morgan fingerprint density at radius 3 is 2.83 bits per heavy atom. The summed E-state index contributed by atoms with van der Waals surface area (Å²) in [5.41, 5.74) is 0.949. The third kappa shape index (κ3) is 3.07. The van der Waals surface area contributed by atoms with E-state index >= 15 is 0 Å². The second-order valence-corrected chi connectivity index (χ2v) is 4.35. The first-order chi connectivity index (χ1) is 8.66. The van der Waals surface area contributed by atoms with Gasteiger partial charge in [-0.25, -0.2) is 4.79 Å². The molecule has 2 rings (SSSR count). The van der Waals surface area contributed by atoms with Crippen molar-refractivity contribution in [3.8, 4) is 11.3 Å². The molecular formula is C13H10BrNO3. The fourth-order valence-corrected chi connectivity index (χ4v) is 1.86. The van der Waals surface area contributed by atoms with E-state index in [9.17, 15) is 4.79 Å². The smallest absolute Gasteiger partial charge is 0.331 e. The molecule has 1 heterocycles. The summed E-state index contributed by atoms with van der Waals surface area (Å²) in [5, 5.41) is 3.49. The molecule has 0 radical (unpaired) electrons. The molecule has 5 heteroatoms. The molecule has 0 aliphatic carbocycles. The molecule has 0 saturated heterocycles. The van der Waals surface area contributed by atoms with Gasteiger partial charge in [0, 0.05) is 17.0 Å². The molecule has 0 unspecified atom stereocenters. The van der Waals surface area contributed by atoms with Crippen LogP contribution in [0.15, 0.2) is 50.4 Å². The lowest BCUT2D eigenvalue weighted by Gasteiger charge is -1.99. The zero-order chi connectivity index (χ0) is 13.0. The molecule has 4 nitrogen and oxygen atoms in total. The van der Waals surface area contributed by atoms with Crippen molar-refractivity contribution in [3.63, 3.8) is 0 Å². The van der Waals surface area contributed by atoms with E-state index < -0.39 is 5.97 Å². The third-order valence-corrected chi connectivity index (χ3v) is 2.82. The van der Waals surface area contributed by atoms with E-state index in [2.05, 4.69) is 25.9 Å². The number of hydrogen-bond donors (Lipinski definition) is 0. The van der Waals surface area contributed by atoms with Crippen LogP contribution in [0.5, 0.6) is 0 Å². The summed E-state index contributed by atoms with van der Waals surface area (Å²) < 4.78 is 6.51. The molecule has 0 aliphatic rings. The molecule has 0 atom stereocenters. The molecular weight excluding hydrogens is 298 g/mol. The summed E-state index contributed by atoms with van der Waals surface area (Å²) >= 11 is 3.45. The van der Waals surface area contributed by atoms with Gasteiger partial charge >= 0.3 is 5.97 Å². The maximum atomic E-state index is 10.5. The highest BCUT2D eigenvalue weighted by molar-refractivity contribution is 9.10. The summed E-state index contributed by atoms with van der Waals surface area (Å²) in [6, 6.07) is 11.3. The highest BCUT2D eigenvalue weighted by Gasteiger charge is 2.06. The number of oxime groups is 1. The maximum Gasteiger partial charge on any atom is 0.331 e. The summed E-state index contributed by atoms with van der Waals surface area (Å²) in [4.78, 5) is 15.0. The van der Waals surface area contributed by atoms with Crippen molar-refractivity contribution in [2.75, 3.05) is 0 Å². The van der Waals surface area contributed by atoms with E-state index in [1.165, 1.54) is 13.1 Å². The van der Waals surface area contributed by atoms with Crippen LogP contribution in [0.25, 0.3) is 11.3 Å². The van der Waals surface area contributed by atoms with Gasteiger partial charge in [-0.1, -0.05) is 39.3 Å². The predicted molar refractivity (Wildman–Crippen MR) is 71.2 cm³/mol. The quantitative estimate of drug-likeness (QED) is 0.494. The Morgan fingerprint density at radius 2 is 2.11 bits per heavy atom. The monoisotopic (exact) mass is 307 g/mol. The van der Waals surface area contributed by atoms with E-state index in [0.29, 0.717) is 11.5 Å². The van der Waals surface area contributed by atoms with Gasteiger partial charge < -0.3 is 9.25 Å². The highest BCUT2D eigenvalue weighted by Crippen LogP contribution is 2.28. The van der Waals surface area contributed by atoms with E-state index in [4.69, 9.17) is 4.42 Å². The Kier molecular flexibility index (Phi) is 3.94. The fourth-order valence-electron chi connectivity index (χ4n) is 1.38. The average molecular weight is 308 g/mol. The van der Waals surface area contributed by atoms with Crippen LogP contribution in [-0.4, -0.2) is 12.2 Å². The number of furan rings is 1. The molecule has 1 aromatic heterocycles. The third-order valence-electron chi connectivity index (χ3n) is 2.13. The lowest BCUT2D eigenvalue weighted by atomic mass is 10.2. The van der Waals surface area contributed by atoms with Crippen molar-refractivity contribution in [1.82, 2.24) is 0 Å². The maximum absolute atomic E-state index is 10.5. The van der Waals surface area contributed by atoms with Crippen molar-refractivity contribution in [3.05, 3.63) is 46.6 Å².